The van der Waals surface area contributed by atoms with Crippen LogP contribution in [0.4, 0.5) is 5.69 Å². The van der Waals surface area contributed by atoms with Crippen LogP contribution in [0.2, 0.25) is 10.0 Å². The van der Waals surface area contributed by atoms with Gasteiger partial charge in [-0.25, -0.2) is 14.6 Å². The third-order valence-corrected chi connectivity index (χ3v) is 3.50. The number of halogens is 2. The van der Waals surface area contributed by atoms with Crippen LogP contribution in [-0.2, 0) is 6.54 Å². The van der Waals surface area contributed by atoms with Gasteiger partial charge in [-0.05, 0) is 35.9 Å². The van der Waals surface area contributed by atoms with Crippen molar-refractivity contribution in [2.24, 2.45) is 0 Å². The molecule has 2 aromatic heterocycles. The number of nitrogens with zero attached hydrogens (tertiary/aromatic N) is 4. The summed E-state index contributed by atoms with van der Waals surface area (Å²) in [4.78, 5) is 8.20. The molecular weight excluding hydrogens is 309 g/mol. The standard InChI is InChI=1S/C14H11Cl2N5/c15-11-1-3-13(16)10(5-11)6-18-12-2-4-14(19-7-12)21-9-17-8-20-21/h1-5,7-9,18H,6H2. The fraction of sp³-hybridized carbons (Fsp3) is 0.0714. The summed E-state index contributed by atoms with van der Waals surface area (Å²) in [6.07, 6.45) is 4.80. The molecule has 0 saturated heterocycles. The zero-order valence-corrected chi connectivity index (χ0v) is 12.4. The Kier molecular flexibility index (Phi) is 4.03. The molecular formula is C14H11Cl2N5. The van der Waals surface area contributed by atoms with Gasteiger partial charge in [0, 0.05) is 16.6 Å². The van der Waals surface area contributed by atoms with Crippen molar-refractivity contribution in [3.05, 3.63) is 64.8 Å². The van der Waals surface area contributed by atoms with E-state index in [1.165, 1.54) is 6.33 Å². The molecule has 0 atom stereocenters. The first-order valence-electron chi connectivity index (χ1n) is 6.21. The molecule has 7 heteroatoms. The maximum atomic E-state index is 6.12. The second-order valence-electron chi connectivity index (χ2n) is 4.33. The average molecular weight is 320 g/mol. The van der Waals surface area contributed by atoms with Crippen LogP contribution in [0.1, 0.15) is 5.56 Å². The van der Waals surface area contributed by atoms with Crippen LogP contribution in [0.25, 0.3) is 5.82 Å². The smallest absolute Gasteiger partial charge is 0.155 e. The highest BCUT2D eigenvalue weighted by Gasteiger charge is 2.03. The van der Waals surface area contributed by atoms with Gasteiger partial charge >= 0.3 is 0 Å². The van der Waals surface area contributed by atoms with E-state index in [1.807, 2.05) is 18.2 Å². The van der Waals surface area contributed by atoms with Crippen molar-refractivity contribution in [1.29, 1.82) is 0 Å². The highest BCUT2D eigenvalue weighted by molar-refractivity contribution is 6.33. The molecule has 0 fully saturated rings. The first kappa shape index (κ1) is 13.9. The summed E-state index contributed by atoms with van der Waals surface area (Å²) < 4.78 is 1.59. The van der Waals surface area contributed by atoms with E-state index in [0.29, 0.717) is 22.4 Å². The number of aromatic nitrogens is 4. The van der Waals surface area contributed by atoms with Crippen LogP contribution in [0.3, 0.4) is 0 Å². The number of benzene rings is 1. The van der Waals surface area contributed by atoms with Crippen molar-refractivity contribution in [3.8, 4) is 5.82 Å². The Morgan fingerprint density at radius 2 is 2.05 bits per heavy atom. The van der Waals surface area contributed by atoms with Crippen LogP contribution in [0.5, 0.6) is 0 Å². The van der Waals surface area contributed by atoms with Crippen molar-refractivity contribution in [3.63, 3.8) is 0 Å². The summed E-state index contributed by atoms with van der Waals surface area (Å²) in [6, 6.07) is 9.17. The van der Waals surface area contributed by atoms with E-state index in [4.69, 9.17) is 23.2 Å². The van der Waals surface area contributed by atoms with Gasteiger partial charge in [0.15, 0.2) is 5.82 Å². The first-order chi connectivity index (χ1) is 10.2. The topological polar surface area (TPSA) is 55.6 Å². The number of anilines is 1. The zero-order chi connectivity index (χ0) is 14.7. The third kappa shape index (κ3) is 3.32. The molecule has 0 radical (unpaired) electrons. The highest BCUT2D eigenvalue weighted by atomic mass is 35.5. The Morgan fingerprint density at radius 3 is 2.76 bits per heavy atom. The van der Waals surface area contributed by atoms with Crippen LogP contribution < -0.4 is 5.32 Å². The quantitative estimate of drug-likeness (QED) is 0.798. The molecule has 1 aromatic carbocycles. The number of hydrogen-bond donors (Lipinski definition) is 1. The fourth-order valence-electron chi connectivity index (χ4n) is 1.83. The summed E-state index contributed by atoms with van der Waals surface area (Å²) >= 11 is 12.1. The van der Waals surface area contributed by atoms with E-state index < -0.39 is 0 Å². The second-order valence-corrected chi connectivity index (χ2v) is 5.18. The van der Waals surface area contributed by atoms with Gasteiger partial charge in [0.1, 0.15) is 12.7 Å². The Balaban J connectivity index is 1.70. The Hall–Kier alpha value is -2.11. The van der Waals surface area contributed by atoms with Crippen molar-refractivity contribution in [2.45, 2.75) is 6.54 Å². The molecule has 0 unspecified atom stereocenters. The highest BCUT2D eigenvalue weighted by Crippen LogP contribution is 2.21. The minimum atomic E-state index is 0.573. The average Bonchev–Trinajstić information content (AvgIpc) is 3.03. The van der Waals surface area contributed by atoms with Gasteiger partial charge in [-0.1, -0.05) is 23.2 Å². The van der Waals surface area contributed by atoms with E-state index in [-0.39, 0.29) is 0 Å². The molecule has 0 aliphatic heterocycles. The normalized spacial score (nSPS) is 10.6. The molecule has 0 aliphatic carbocycles. The van der Waals surface area contributed by atoms with Crippen LogP contribution in [0, 0.1) is 0 Å². The maximum Gasteiger partial charge on any atom is 0.155 e. The summed E-state index contributed by atoms with van der Waals surface area (Å²) in [5, 5.41) is 8.61. The Morgan fingerprint density at radius 1 is 1.14 bits per heavy atom. The zero-order valence-electron chi connectivity index (χ0n) is 10.9. The molecule has 3 aromatic rings. The molecule has 3 rings (SSSR count). The van der Waals surface area contributed by atoms with Crippen molar-refractivity contribution in [2.75, 3.05) is 5.32 Å². The van der Waals surface area contributed by atoms with Crippen molar-refractivity contribution in [1.82, 2.24) is 19.7 Å². The van der Waals surface area contributed by atoms with E-state index >= 15 is 0 Å². The summed E-state index contributed by atoms with van der Waals surface area (Å²) in [7, 11) is 0. The lowest BCUT2D eigenvalue weighted by molar-refractivity contribution is 0.845. The fourth-order valence-corrected chi connectivity index (χ4v) is 2.21. The van der Waals surface area contributed by atoms with Crippen LogP contribution >= 0.6 is 23.2 Å². The van der Waals surface area contributed by atoms with Crippen LogP contribution in [-0.4, -0.2) is 19.7 Å². The van der Waals surface area contributed by atoms with Gasteiger partial charge in [-0.15, -0.1) is 0 Å². The largest absolute Gasteiger partial charge is 0.380 e. The molecule has 5 nitrogen and oxygen atoms in total. The van der Waals surface area contributed by atoms with Gasteiger partial charge in [0.2, 0.25) is 0 Å². The Labute approximate surface area is 131 Å². The minimum absolute atomic E-state index is 0.573. The Bertz CT molecular complexity index is 726. The molecule has 0 bridgehead atoms. The minimum Gasteiger partial charge on any atom is -0.380 e. The molecule has 2 heterocycles. The molecule has 0 aliphatic rings. The molecule has 0 spiro atoms. The second kappa shape index (κ2) is 6.11. The lowest BCUT2D eigenvalue weighted by Gasteiger charge is -2.09. The monoisotopic (exact) mass is 319 g/mol. The number of pyridine rings is 1. The van der Waals surface area contributed by atoms with Crippen molar-refractivity contribution >= 4 is 28.9 Å². The van der Waals surface area contributed by atoms with Gasteiger partial charge in [-0.3, -0.25) is 0 Å². The number of hydrogen-bond acceptors (Lipinski definition) is 4. The first-order valence-corrected chi connectivity index (χ1v) is 6.97. The number of rotatable bonds is 4. The molecule has 0 amide bonds. The molecule has 106 valence electrons. The predicted molar refractivity (Wildman–Crippen MR) is 82.9 cm³/mol. The lowest BCUT2D eigenvalue weighted by Crippen LogP contribution is -2.02. The van der Waals surface area contributed by atoms with Crippen molar-refractivity contribution < 1.29 is 0 Å². The lowest BCUT2D eigenvalue weighted by atomic mass is 10.2. The third-order valence-electron chi connectivity index (χ3n) is 2.89. The summed E-state index contributed by atoms with van der Waals surface area (Å²) in [5.41, 5.74) is 1.82. The predicted octanol–water partition coefficient (Wildman–Crippen LogP) is 3.58. The van der Waals surface area contributed by atoms with Gasteiger partial charge < -0.3 is 5.32 Å². The summed E-state index contributed by atoms with van der Waals surface area (Å²) in [6.45, 7) is 0.573. The SMILES string of the molecule is Clc1ccc(Cl)c(CNc2ccc(-n3cncn3)nc2)c1. The van der Waals surface area contributed by atoms with E-state index in [9.17, 15) is 0 Å². The van der Waals surface area contributed by atoms with E-state index in [2.05, 4.69) is 20.4 Å². The van der Waals surface area contributed by atoms with Gasteiger partial charge in [0.25, 0.3) is 0 Å². The number of nitrogens with one attached hydrogen (secondary N) is 1. The molecule has 21 heavy (non-hydrogen) atoms. The summed E-state index contributed by atoms with van der Waals surface area (Å²) in [5.74, 6) is 0.707. The maximum absolute atomic E-state index is 6.12. The van der Waals surface area contributed by atoms with Gasteiger partial charge in [0.05, 0.1) is 11.9 Å². The molecule has 0 saturated carbocycles. The van der Waals surface area contributed by atoms with E-state index in [0.717, 1.165) is 11.3 Å². The van der Waals surface area contributed by atoms with E-state index in [1.54, 1.807) is 29.3 Å². The molecule has 1 N–H and O–H groups in total. The van der Waals surface area contributed by atoms with Gasteiger partial charge in [-0.2, -0.15) is 5.10 Å². The van der Waals surface area contributed by atoms with Crippen LogP contribution in [0.15, 0.2) is 49.2 Å².